The van der Waals surface area contributed by atoms with Crippen molar-refractivity contribution in [3.05, 3.63) is 12.2 Å². The number of rotatable bonds is 2. The summed E-state index contributed by atoms with van der Waals surface area (Å²) in [4.78, 5) is 14.9. The van der Waals surface area contributed by atoms with E-state index in [0.29, 0.717) is 23.9 Å². The Balaban J connectivity index is 1.57. The number of nitrogens with zero attached hydrogens (tertiary/aromatic N) is 1. The molecule has 0 spiro atoms. The van der Waals surface area contributed by atoms with E-state index in [9.17, 15) is 4.79 Å². The summed E-state index contributed by atoms with van der Waals surface area (Å²) in [5.74, 6) is 2.71. The zero-order chi connectivity index (χ0) is 17.6. The highest BCUT2D eigenvalue weighted by Crippen LogP contribution is 2.53. The van der Waals surface area contributed by atoms with E-state index in [1.807, 2.05) is 0 Å². The Morgan fingerprint density at radius 2 is 1.84 bits per heavy atom. The van der Waals surface area contributed by atoms with Crippen LogP contribution in [0, 0.1) is 29.6 Å². The minimum atomic E-state index is 0.0864. The van der Waals surface area contributed by atoms with Crippen LogP contribution >= 0.6 is 0 Å². The summed E-state index contributed by atoms with van der Waals surface area (Å²) in [6.07, 6.45) is 15.5. The number of hydrogen-bond donors (Lipinski definition) is 0. The minimum absolute atomic E-state index is 0.0864. The number of fused-ring (bicyclic) bond motifs is 2. The average Bonchev–Trinajstić information content (AvgIpc) is 2.89. The number of carbonyl (C=O) groups is 1. The van der Waals surface area contributed by atoms with Crippen LogP contribution in [0.15, 0.2) is 12.2 Å². The van der Waals surface area contributed by atoms with E-state index in [2.05, 4.69) is 37.9 Å². The first-order valence-electron chi connectivity index (χ1n) is 10.7. The molecule has 4 rings (SSSR count). The fourth-order valence-corrected chi connectivity index (χ4v) is 6.43. The van der Waals surface area contributed by atoms with Gasteiger partial charge in [-0.25, -0.2) is 0 Å². The summed E-state index contributed by atoms with van der Waals surface area (Å²) in [7, 11) is 2.27. The zero-order valence-electron chi connectivity index (χ0n) is 16.2. The van der Waals surface area contributed by atoms with E-state index < -0.39 is 0 Å². The van der Waals surface area contributed by atoms with E-state index >= 15 is 0 Å². The second-order valence-corrected chi connectivity index (χ2v) is 9.24. The van der Waals surface area contributed by atoms with Crippen LogP contribution in [-0.4, -0.2) is 36.1 Å². The highest BCUT2D eigenvalue weighted by atomic mass is 16.6. The molecule has 0 bridgehead atoms. The predicted octanol–water partition coefficient (Wildman–Crippen LogP) is 4.42. The molecule has 140 valence electrons. The summed E-state index contributed by atoms with van der Waals surface area (Å²) in [6.45, 7) is 4.47. The first-order chi connectivity index (χ1) is 12.1. The van der Waals surface area contributed by atoms with Crippen LogP contribution in [0.3, 0.4) is 0 Å². The molecule has 3 heteroatoms. The third-order valence-electron chi connectivity index (χ3n) is 7.97. The molecule has 0 radical (unpaired) electrons. The van der Waals surface area contributed by atoms with Gasteiger partial charge in [0.1, 0.15) is 6.10 Å². The van der Waals surface area contributed by atoms with Crippen LogP contribution in [-0.2, 0) is 9.53 Å². The van der Waals surface area contributed by atoms with Gasteiger partial charge in [0.25, 0.3) is 0 Å². The fourth-order valence-electron chi connectivity index (χ4n) is 6.43. The molecular weight excluding hydrogens is 310 g/mol. The molecule has 0 aromatic rings. The zero-order valence-corrected chi connectivity index (χ0v) is 16.2. The second-order valence-electron chi connectivity index (χ2n) is 9.24. The normalized spacial score (nSPS) is 48.2. The molecule has 8 atom stereocenters. The van der Waals surface area contributed by atoms with Crippen LogP contribution in [0.25, 0.3) is 0 Å². The summed E-state index contributed by atoms with van der Waals surface area (Å²) < 4.78 is 5.69. The number of piperidine rings is 1. The summed E-state index contributed by atoms with van der Waals surface area (Å²) in [5.41, 5.74) is 0. The van der Waals surface area contributed by atoms with Crippen LogP contribution in [0.5, 0.6) is 0 Å². The van der Waals surface area contributed by atoms with Crippen LogP contribution in [0.1, 0.15) is 65.2 Å². The van der Waals surface area contributed by atoms with Gasteiger partial charge in [-0.3, -0.25) is 9.69 Å². The highest BCUT2D eigenvalue weighted by Gasteiger charge is 2.53. The summed E-state index contributed by atoms with van der Waals surface area (Å²) >= 11 is 0. The maximum atomic E-state index is 12.4. The SMILES string of the molecule is C[C@@H]1OC(=O)[C@H]2C[C@H]3CCCC[C@@H]3C(/C=C/C3CCC[C@H](C)N3C)[C@@H]12. The van der Waals surface area contributed by atoms with Crippen molar-refractivity contribution in [3.8, 4) is 0 Å². The molecule has 2 aliphatic heterocycles. The van der Waals surface area contributed by atoms with Crippen molar-refractivity contribution in [1.82, 2.24) is 4.90 Å². The third kappa shape index (κ3) is 3.18. The van der Waals surface area contributed by atoms with Gasteiger partial charge < -0.3 is 4.74 Å². The Hall–Kier alpha value is -0.830. The topological polar surface area (TPSA) is 29.5 Å². The lowest BCUT2D eigenvalue weighted by Gasteiger charge is -2.46. The van der Waals surface area contributed by atoms with Crippen molar-refractivity contribution in [2.24, 2.45) is 29.6 Å². The van der Waals surface area contributed by atoms with E-state index in [1.54, 1.807) is 0 Å². The van der Waals surface area contributed by atoms with Crippen molar-refractivity contribution in [2.45, 2.75) is 83.4 Å². The molecule has 4 aliphatic rings. The number of cyclic esters (lactones) is 1. The maximum absolute atomic E-state index is 12.4. The Morgan fingerprint density at radius 1 is 1.04 bits per heavy atom. The standard InChI is InChI=1S/C22H35NO2/c1-14-7-6-9-17(23(14)3)11-12-19-18-10-5-4-8-16(18)13-20-21(19)15(2)25-22(20)24/h11-12,14-21H,4-10,13H2,1-3H3/b12-11+/t14-,15-,16+,17?,18-,19?,20-,21+/m0/s1. The van der Waals surface area contributed by atoms with Crippen LogP contribution in [0.4, 0.5) is 0 Å². The van der Waals surface area contributed by atoms with Crippen LogP contribution < -0.4 is 0 Å². The number of carbonyl (C=O) groups excluding carboxylic acids is 1. The predicted molar refractivity (Wildman–Crippen MR) is 100 cm³/mol. The quantitative estimate of drug-likeness (QED) is 0.548. The Labute approximate surface area is 153 Å². The van der Waals surface area contributed by atoms with Crippen molar-refractivity contribution in [2.75, 3.05) is 7.05 Å². The maximum Gasteiger partial charge on any atom is 0.309 e. The molecule has 3 nitrogen and oxygen atoms in total. The molecule has 0 N–H and O–H groups in total. The molecule has 2 unspecified atom stereocenters. The molecular formula is C22H35NO2. The molecule has 4 fully saturated rings. The monoisotopic (exact) mass is 345 g/mol. The van der Waals surface area contributed by atoms with Gasteiger partial charge in [-0.05, 0) is 64.3 Å². The number of likely N-dealkylation sites (tertiary alicyclic amines) is 1. The number of allylic oxidation sites excluding steroid dienone is 1. The molecule has 2 heterocycles. The van der Waals surface area contributed by atoms with Gasteiger partial charge in [-0.15, -0.1) is 0 Å². The molecule has 25 heavy (non-hydrogen) atoms. The van der Waals surface area contributed by atoms with Crippen molar-refractivity contribution < 1.29 is 9.53 Å². The lowest BCUT2D eigenvalue weighted by atomic mass is 9.57. The van der Waals surface area contributed by atoms with Crippen molar-refractivity contribution >= 4 is 5.97 Å². The van der Waals surface area contributed by atoms with Gasteiger partial charge in [-0.1, -0.05) is 37.8 Å². The second kappa shape index (κ2) is 7.06. The Kier molecular flexibility index (Phi) is 4.96. The number of hydrogen-bond acceptors (Lipinski definition) is 3. The van der Waals surface area contributed by atoms with Crippen LogP contribution in [0.2, 0.25) is 0 Å². The molecule has 2 saturated heterocycles. The Morgan fingerprint density at radius 3 is 2.68 bits per heavy atom. The van der Waals surface area contributed by atoms with Gasteiger partial charge in [0.05, 0.1) is 5.92 Å². The highest BCUT2D eigenvalue weighted by molar-refractivity contribution is 5.75. The molecule has 2 aliphatic carbocycles. The lowest BCUT2D eigenvalue weighted by Crippen LogP contribution is -2.44. The average molecular weight is 346 g/mol. The largest absolute Gasteiger partial charge is 0.462 e. The third-order valence-corrected chi connectivity index (χ3v) is 7.97. The first-order valence-corrected chi connectivity index (χ1v) is 10.7. The minimum Gasteiger partial charge on any atom is -0.462 e. The smallest absolute Gasteiger partial charge is 0.309 e. The summed E-state index contributed by atoms with van der Waals surface area (Å²) in [5, 5.41) is 0. The molecule has 0 aromatic heterocycles. The number of esters is 1. The van der Waals surface area contributed by atoms with Gasteiger partial charge >= 0.3 is 5.97 Å². The molecule has 0 amide bonds. The van der Waals surface area contributed by atoms with Gasteiger partial charge in [0.2, 0.25) is 0 Å². The van der Waals surface area contributed by atoms with E-state index in [1.165, 1.54) is 44.9 Å². The number of ether oxygens (including phenoxy) is 1. The molecule has 0 aromatic carbocycles. The van der Waals surface area contributed by atoms with Gasteiger partial charge in [0.15, 0.2) is 0 Å². The summed E-state index contributed by atoms with van der Waals surface area (Å²) in [6, 6.07) is 1.25. The van der Waals surface area contributed by atoms with Gasteiger partial charge in [0, 0.05) is 18.0 Å². The van der Waals surface area contributed by atoms with Gasteiger partial charge in [-0.2, -0.15) is 0 Å². The molecule has 2 saturated carbocycles. The van der Waals surface area contributed by atoms with E-state index in [-0.39, 0.29) is 18.0 Å². The van der Waals surface area contributed by atoms with Crippen molar-refractivity contribution in [1.29, 1.82) is 0 Å². The first kappa shape index (κ1) is 17.6. The van der Waals surface area contributed by atoms with E-state index in [4.69, 9.17) is 4.74 Å². The number of likely N-dealkylation sites (N-methyl/N-ethyl adjacent to an activating group) is 1. The van der Waals surface area contributed by atoms with Crippen molar-refractivity contribution in [3.63, 3.8) is 0 Å². The Bertz CT molecular complexity index is 530. The van der Waals surface area contributed by atoms with E-state index in [0.717, 1.165) is 18.3 Å². The lowest BCUT2D eigenvalue weighted by molar-refractivity contribution is -0.144. The fraction of sp³-hybridized carbons (Fsp3) is 0.864.